The summed E-state index contributed by atoms with van der Waals surface area (Å²) < 4.78 is 31.5. The fourth-order valence-electron chi connectivity index (χ4n) is 3.05. The summed E-state index contributed by atoms with van der Waals surface area (Å²) in [7, 11) is -2.74. The van der Waals surface area contributed by atoms with Gasteiger partial charge >= 0.3 is 0 Å². The third-order valence-electron chi connectivity index (χ3n) is 4.63. The van der Waals surface area contributed by atoms with Crippen LogP contribution in [0.3, 0.4) is 0 Å². The molecule has 0 amide bonds. The van der Waals surface area contributed by atoms with Crippen LogP contribution in [0, 0.1) is 0 Å². The van der Waals surface area contributed by atoms with Crippen LogP contribution in [0.25, 0.3) is 0 Å². The van der Waals surface area contributed by atoms with Gasteiger partial charge in [0, 0.05) is 13.0 Å². The first kappa shape index (κ1) is 24.5. The van der Waals surface area contributed by atoms with Crippen LogP contribution >= 0.6 is 0 Å². The average Bonchev–Trinajstić information content (AvgIpc) is 2.55. The van der Waals surface area contributed by atoms with Crippen molar-refractivity contribution in [1.29, 1.82) is 0 Å². The van der Waals surface area contributed by atoms with Crippen molar-refractivity contribution >= 4 is 15.9 Å². The lowest BCUT2D eigenvalue weighted by Crippen LogP contribution is -2.38. The zero-order chi connectivity index (χ0) is 19.0. The lowest BCUT2D eigenvalue weighted by molar-refractivity contribution is -0.118. The number of hydrogen-bond donors (Lipinski definition) is 2. The van der Waals surface area contributed by atoms with E-state index in [4.69, 9.17) is 4.55 Å². The Hall–Kier alpha value is -0.460. The Balaban J connectivity index is 3.53. The molecule has 0 aliphatic heterocycles. The maximum atomic E-state index is 11.9. The van der Waals surface area contributed by atoms with Crippen LogP contribution in [0.5, 0.6) is 0 Å². The van der Waals surface area contributed by atoms with Crippen molar-refractivity contribution in [3.05, 3.63) is 0 Å². The van der Waals surface area contributed by atoms with Gasteiger partial charge in [-0.15, -0.1) is 0 Å². The Morgan fingerprint density at radius 2 is 1.24 bits per heavy atom. The Morgan fingerprint density at radius 3 is 1.60 bits per heavy atom. The summed E-state index contributed by atoms with van der Waals surface area (Å²) in [6, 6.07) is 0. The maximum absolute atomic E-state index is 11.9. The van der Waals surface area contributed by atoms with Crippen LogP contribution in [-0.2, 0) is 14.9 Å². The van der Waals surface area contributed by atoms with E-state index in [0.29, 0.717) is 6.42 Å². The fourth-order valence-corrected chi connectivity index (χ4v) is 3.88. The van der Waals surface area contributed by atoms with Crippen LogP contribution in [-0.4, -0.2) is 37.6 Å². The van der Waals surface area contributed by atoms with Gasteiger partial charge in [0.2, 0.25) is 0 Å². The van der Waals surface area contributed by atoms with E-state index in [1.54, 1.807) is 7.05 Å². The van der Waals surface area contributed by atoms with Crippen molar-refractivity contribution in [3.63, 3.8) is 0 Å². The van der Waals surface area contributed by atoms with Gasteiger partial charge in [-0.2, -0.15) is 8.42 Å². The molecule has 0 bridgehead atoms. The average molecular weight is 378 g/mol. The van der Waals surface area contributed by atoms with E-state index in [2.05, 4.69) is 12.2 Å². The lowest BCUT2D eigenvalue weighted by atomic mass is 10.0. The first-order valence-electron chi connectivity index (χ1n) is 10.1. The van der Waals surface area contributed by atoms with Crippen LogP contribution in [0.15, 0.2) is 0 Å². The predicted octanol–water partition coefficient (Wildman–Crippen LogP) is 4.51. The molecule has 0 aromatic carbocycles. The molecule has 2 N–H and O–H groups in total. The van der Waals surface area contributed by atoms with Gasteiger partial charge in [0.1, 0.15) is 0 Å². The highest BCUT2D eigenvalue weighted by Gasteiger charge is 2.29. The first-order valence-corrected chi connectivity index (χ1v) is 11.6. The molecule has 6 heteroatoms. The molecule has 1 atom stereocenters. The highest BCUT2D eigenvalue weighted by atomic mass is 32.2. The Labute approximate surface area is 155 Å². The molecule has 0 aliphatic rings. The second kappa shape index (κ2) is 15.8. The number of carbonyl (C=O) groups is 1. The van der Waals surface area contributed by atoms with Gasteiger partial charge < -0.3 is 5.32 Å². The molecule has 0 aliphatic carbocycles. The molecule has 0 spiro atoms. The number of carbonyl (C=O) groups excluding carboxylic acids is 1. The Morgan fingerprint density at radius 1 is 0.840 bits per heavy atom. The number of Topliss-reactive ketones (excluding diaryl/α,β-unsaturated/α-hetero) is 1. The number of ketones is 1. The summed E-state index contributed by atoms with van der Waals surface area (Å²) in [5.74, 6) is -0.389. The van der Waals surface area contributed by atoms with Gasteiger partial charge in [-0.25, -0.2) is 0 Å². The molecule has 0 heterocycles. The summed E-state index contributed by atoms with van der Waals surface area (Å²) in [5, 5.41) is 1.32. The summed E-state index contributed by atoms with van der Waals surface area (Å²) in [6.45, 7) is 2.21. The molecule has 0 saturated heterocycles. The third kappa shape index (κ3) is 14.4. The normalized spacial score (nSPS) is 13.1. The molecule has 1 unspecified atom stereocenters. The smallest absolute Gasteiger partial charge is 0.276 e. The minimum Gasteiger partial charge on any atom is -0.318 e. The largest absolute Gasteiger partial charge is 0.318 e. The first-order chi connectivity index (χ1) is 11.9. The summed E-state index contributed by atoms with van der Waals surface area (Å²) in [4.78, 5) is 11.9. The fraction of sp³-hybridized carbons (Fsp3) is 0.947. The van der Waals surface area contributed by atoms with E-state index in [0.717, 1.165) is 12.8 Å². The number of unbranched alkanes of at least 4 members (excludes halogenated alkanes) is 12. The predicted molar refractivity (Wildman–Crippen MR) is 105 cm³/mol. The topological polar surface area (TPSA) is 83.5 Å². The molecular weight excluding hydrogens is 338 g/mol. The van der Waals surface area contributed by atoms with Gasteiger partial charge in [0.25, 0.3) is 10.1 Å². The van der Waals surface area contributed by atoms with E-state index >= 15 is 0 Å². The van der Waals surface area contributed by atoms with Gasteiger partial charge in [-0.05, 0) is 13.5 Å². The van der Waals surface area contributed by atoms with Crippen molar-refractivity contribution < 1.29 is 17.8 Å². The van der Waals surface area contributed by atoms with E-state index in [-0.39, 0.29) is 18.7 Å². The molecule has 0 rings (SSSR count). The minimum atomic E-state index is -4.31. The molecule has 5 nitrogen and oxygen atoms in total. The zero-order valence-corrected chi connectivity index (χ0v) is 17.1. The van der Waals surface area contributed by atoms with Crippen molar-refractivity contribution in [3.8, 4) is 0 Å². The van der Waals surface area contributed by atoms with Gasteiger partial charge in [0.05, 0.1) is 0 Å². The Kier molecular flexibility index (Phi) is 15.5. The van der Waals surface area contributed by atoms with E-state index in [1.165, 1.54) is 64.2 Å². The van der Waals surface area contributed by atoms with Crippen molar-refractivity contribution in [2.24, 2.45) is 0 Å². The quantitative estimate of drug-likeness (QED) is 0.271. The highest BCUT2D eigenvalue weighted by Crippen LogP contribution is 2.14. The van der Waals surface area contributed by atoms with Crippen LogP contribution in [0.1, 0.15) is 96.8 Å². The van der Waals surface area contributed by atoms with Gasteiger partial charge in [-0.1, -0.05) is 84.0 Å². The summed E-state index contributed by atoms with van der Waals surface area (Å²) in [5.41, 5.74) is 0. The molecule has 25 heavy (non-hydrogen) atoms. The monoisotopic (exact) mass is 377 g/mol. The number of nitrogens with one attached hydrogen (secondary N) is 1. The van der Waals surface area contributed by atoms with Crippen molar-refractivity contribution in [2.45, 2.75) is 102 Å². The van der Waals surface area contributed by atoms with E-state index < -0.39 is 15.4 Å². The standard InChI is InChI=1S/C19H39NO4S/c1-3-4-5-6-7-8-9-10-11-12-13-14-15-16-18(21)19(17-20-2)25(22,23)24/h19-20H,3-17H2,1-2H3,(H,22,23,24). The van der Waals surface area contributed by atoms with E-state index in [1.807, 2.05) is 0 Å². The van der Waals surface area contributed by atoms with Crippen molar-refractivity contribution in [1.82, 2.24) is 5.32 Å². The van der Waals surface area contributed by atoms with Crippen LogP contribution in [0.4, 0.5) is 0 Å². The minimum absolute atomic E-state index is 0.0316. The molecular formula is C19H39NO4S. The maximum Gasteiger partial charge on any atom is 0.276 e. The SMILES string of the molecule is CCCCCCCCCCCCCCCC(=O)C(CNC)S(=O)(=O)O. The van der Waals surface area contributed by atoms with Gasteiger partial charge in [-0.3, -0.25) is 9.35 Å². The van der Waals surface area contributed by atoms with Gasteiger partial charge in [0.15, 0.2) is 11.0 Å². The second-order valence-corrected chi connectivity index (χ2v) is 8.62. The van der Waals surface area contributed by atoms with Crippen LogP contribution < -0.4 is 5.32 Å². The second-order valence-electron chi connectivity index (χ2n) is 7.02. The molecule has 0 saturated carbocycles. The van der Waals surface area contributed by atoms with Crippen LogP contribution in [0.2, 0.25) is 0 Å². The summed E-state index contributed by atoms with van der Waals surface area (Å²) in [6.07, 6.45) is 16.1. The number of rotatable bonds is 18. The molecule has 150 valence electrons. The van der Waals surface area contributed by atoms with Crippen molar-refractivity contribution in [2.75, 3.05) is 13.6 Å². The molecule has 0 fully saturated rings. The van der Waals surface area contributed by atoms with E-state index in [9.17, 15) is 13.2 Å². The highest BCUT2D eigenvalue weighted by molar-refractivity contribution is 7.87. The molecule has 0 radical (unpaired) electrons. The number of hydrogen-bond acceptors (Lipinski definition) is 4. The Bertz CT molecular complexity index is 423. The molecule has 0 aromatic heterocycles. The summed E-state index contributed by atoms with van der Waals surface area (Å²) >= 11 is 0. The lowest BCUT2D eigenvalue weighted by Gasteiger charge is -2.12. The third-order valence-corrected chi connectivity index (χ3v) is 5.78. The zero-order valence-electron chi connectivity index (χ0n) is 16.3. The molecule has 0 aromatic rings.